The van der Waals surface area contributed by atoms with Gasteiger partial charge >= 0.3 is 0 Å². The number of rotatable bonds is 7. The molecule has 1 heterocycles. The highest BCUT2D eigenvalue weighted by Crippen LogP contribution is 2.32. The molecule has 4 rings (SSSR count). The summed E-state index contributed by atoms with van der Waals surface area (Å²) in [4.78, 5) is 2.71. The Morgan fingerprint density at radius 3 is 2.24 bits per heavy atom. The van der Waals surface area contributed by atoms with Gasteiger partial charge in [-0.1, -0.05) is 76.1 Å². The van der Waals surface area contributed by atoms with Crippen LogP contribution in [-0.2, 0) is 0 Å². The van der Waals surface area contributed by atoms with Crippen LogP contribution in [0.15, 0.2) is 36.4 Å². The lowest BCUT2D eigenvalue weighted by Crippen LogP contribution is -2.36. The third-order valence-electron chi connectivity index (χ3n) is 7.59. The average Bonchev–Trinajstić information content (AvgIpc) is 2.78. The van der Waals surface area contributed by atoms with Crippen LogP contribution in [0.4, 0.5) is 0 Å². The van der Waals surface area contributed by atoms with Gasteiger partial charge in [-0.3, -0.25) is 0 Å². The lowest BCUT2D eigenvalue weighted by atomic mass is 9.82. The van der Waals surface area contributed by atoms with Crippen molar-refractivity contribution in [3.63, 3.8) is 0 Å². The molecule has 2 nitrogen and oxygen atoms in total. The zero-order valence-electron chi connectivity index (χ0n) is 18.5. The Morgan fingerprint density at radius 1 is 0.862 bits per heavy atom. The van der Waals surface area contributed by atoms with Gasteiger partial charge in [0.25, 0.3) is 0 Å². The predicted octanol–water partition coefficient (Wildman–Crippen LogP) is 7.02. The van der Waals surface area contributed by atoms with Crippen LogP contribution in [0, 0.1) is 11.8 Å². The van der Waals surface area contributed by atoms with E-state index in [4.69, 9.17) is 4.74 Å². The summed E-state index contributed by atoms with van der Waals surface area (Å²) in [5, 5.41) is 2.58. The van der Waals surface area contributed by atoms with Crippen LogP contribution in [0.25, 0.3) is 10.8 Å². The van der Waals surface area contributed by atoms with Crippen molar-refractivity contribution in [2.24, 2.45) is 11.8 Å². The van der Waals surface area contributed by atoms with E-state index < -0.39 is 0 Å². The normalized spacial score (nSPS) is 20.8. The van der Waals surface area contributed by atoms with E-state index in [2.05, 4.69) is 48.2 Å². The molecule has 158 valence electrons. The molecule has 0 radical (unpaired) electrons. The first-order valence-corrected chi connectivity index (χ1v) is 12.0. The van der Waals surface area contributed by atoms with Crippen LogP contribution in [0.5, 0.6) is 5.75 Å². The molecular weight excluding hydrogens is 354 g/mol. The molecule has 2 aromatic carbocycles. The first kappa shape index (κ1) is 20.7. The molecule has 1 unspecified atom stereocenters. The monoisotopic (exact) mass is 393 g/mol. The topological polar surface area (TPSA) is 12.5 Å². The molecule has 2 aromatic rings. The number of piperidine rings is 1. The van der Waals surface area contributed by atoms with Gasteiger partial charge in [-0.2, -0.15) is 0 Å². The van der Waals surface area contributed by atoms with E-state index in [1.807, 2.05) is 0 Å². The molecule has 0 spiro atoms. The molecule has 1 aliphatic heterocycles. The summed E-state index contributed by atoms with van der Waals surface area (Å²) in [6.45, 7) is 6.17. The van der Waals surface area contributed by atoms with E-state index in [-0.39, 0.29) is 0 Å². The van der Waals surface area contributed by atoms with Gasteiger partial charge in [-0.15, -0.1) is 0 Å². The van der Waals surface area contributed by atoms with E-state index in [0.29, 0.717) is 5.92 Å². The molecule has 0 bridgehead atoms. The maximum absolute atomic E-state index is 5.35. The molecule has 1 aliphatic carbocycles. The lowest BCUT2D eigenvalue weighted by Gasteiger charge is -2.34. The summed E-state index contributed by atoms with van der Waals surface area (Å²) in [6, 6.07) is 13.3. The van der Waals surface area contributed by atoms with Gasteiger partial charge in [0.1, 0.15) is 5.75 Å². The van der Waals surface area contributed by atoms with Crippen molar-refractivity contribution in [3.05, 3.63) is 42.0 Å². The average molecular weight is 394 g/mol. The van der Waals surface area contributed by atoms with Crippen molar-refractivity contribution in [1.29, 1.82) is 0 Å². The van der Waals surface area contributed by atoms with Crippen molar-refractivity contribution in [3.8, 4) is 5.75 Å². The van der Waals surface area contributed by atoms with Crippen molar-refractivity contribution in [2.45, 2.75) is 70.6 Å². The van der Waals surface area contributed by atoms with Gasteiger partial charge in [0, 0.05) is 6.54 Å². The van der Waals surface area contributed by atoms with Gasteiger partial charge in [-0.25, -0.2) is 0 Å². The molecule has 2 fully saturated rings. The smallest absolute Gasteiger partial charge is 0.119 e. The number of likely N-dealkylation sites (tertiary alicyclic amines) is 1. The summed E-state index contributed by atoms with van der Waals surface area (Å²) in [6.07, 6.45) is 13.3. The van der Waals surface area contributed by atoms with Crippen LogP contribution < -0.4 is 4.74 Å². The van der Waals surface area contributed by atoms with Gasteiger partial charge in [-0.05, 0) is 72.2 Å². The summed E-state index contributed by atoms with van der Waals surface area (Å²) in [5.41, 5.74) is 1.46. The van der Waals surface area contributed by atoms with E-state index in [1.54, 1.807) is 7.11 Å². The fourth-order valence-electron chi connectivity index (χ4n) is 5.57. The minimum absolute atomic E-state index is 0.584. The molecule has 2 aliphatic rings. The fraction of sp³-hybridized carbons (Fsp3) is 0.630. The summed E-state index contributed by atoms with van der Waals surface area (Å²) in [5.74, 6) is 3.55. The largest absolute Gasteiger partial charge is 0.497 e. The van der Waals surface area contributed by atoms with Crippen molar-refractivity contribution < 1.29 is 4.74 Å². The number of fused-ring (bicyclic) bond motifs is 1. The Bertz CT molecular complexity index is 771. The summed E-state index contributed by atoms with van der Waals surface area (Å²) >= 11 is 0. The molecule has 1 saturated carbocycles. The van der Waals surface area contributed by atoms with Crippen LogP contribution in [0.1, 0.15) is 76.2 Å². The van der Waals surface area contributed by atoms with Crippen LogP contribution in [-0.4, -0.2) is 31.6 Å². The van der Waals surface area contributed by atoms with Crippen molar-refractivity contribution in [1.82, 2.24) is 4.90 Å². The summed E-state index contributed by atoms with van der Waals surface area (Å²) < 4.78 is 5.35. The van der Waals surface area contributed by atoms with Crippen molar-refractivity contribution >= 4 is 10.8 Å². The molecular formula is C27H39NO. The second-order valence-electron chi connectivity index (χ2n) is 9.70. The molecule has 1 atom stereocenters. The Labute approximate surface area is 177 Å². The van der Waals surface area contributed by atoms with E-state index in [1.165, 1.54) is 93.8 Å². The molecule has 0 amide bonds. The van der Waals surface area contributed by atoms with Gasteiger partial charge in [0.15, 0.2) is 0 Å². The number of hydrogen-bond donors (Lipinski definition) is 0. The number of ether oxygens (including phenoxy) is 1. The van der Waals surface area contributed by atoms with Crippen LogP contribution >= 0.6 is 0 Å². The lowest BCUT2D eigenvalue weighted by molar-refractivity contribution is 0.164. The maximum atomic E-state index is 5.35. The standard InChI is InChI=1S/C27H39NO/c1-21(24-10-11-26-19-27(29-2)13-12-25(26)18-24)20-28-16-14-23(15-17-28)9-8-22-6-4-3-5-7-22/h10-13,18-19,21-23H,3-9,14-17,20H2,1-2H3. The Kier molecular flexibility index (Phi) is 7.13. The summed E-state index contributed by atoms with van der Waals surface area (Å²) in [7, 11) is 1.73. The van der Waals surface area contributed by atoms with Gasteiger partial charge in [0.2, 0.25) is 0 Å². The highest BCUT2D eigenvalue weighted by Gasteiger charge is 2.22. The molecule has 0 aromatic heterocycles. The minimum atomic E-state index is 0.584. The second-order valence-corrected chi connectivity index (χ2v) is 9.70. The first-order valence-electron chi connectivity index (χ1n) is 12.0. The highest BCUT2D eigenvalue weighted by molar-refractivity contribution is 5.84. The van der Waals surface area contributed by atoms with Crippen LogP contribution in [0.3, 0.4) is 0 Å². The highest BCUT2D eigenvalue weighted by atomic mass is 16.5. The quantitative estimate of drug-likeness (QED) is 0.501. The Hall–Kier alpha value is -1.54. The van der Waals surface area contributed by atoms with Crippen molar-refractivity contribution in [2.75, 3.05) is 26.7 Å². The van der Waals surface area contributed by atoms with Gasteiger partial charge in [0.05, 0.1) is 7.11 Å². The predicted molar refractivity (Wildman–Crippen MR) is 124 cm³/mol. The molecule has 0 N–H and O–H groups in total. The molecule has 29 heavy (non-hydrogen) atoms. The minimum Gasteiger partial charge on any atom is -0.497 e. The molecule has 2 heteroatoms. The zero-order valence-corrected chi connectivity index (χ0v) is 18.5. The Morgan fingerprint density at radius 2 is 1.52 bits per heavy atom. The number of nitrogens with zero attached hydrogens (tertiary/aromatic N) is 1. The third kappa shape index (κ3) is 5.54. The SMILES string of the molecule is COc1ccc2cc(C(C)CN3CCC(CCC4CCCCC4)CC3)ccc2c1. The Balaban J connectivity index is 1.25. The number of methoxy groups -OCH3 is 1. The zero-order chi connectivity index (χ0) is 20.1. The molecule has 1 saturated heterocycles. The first-order chi connectivity index (χ1) is 14.2. The van der Waals surface area contributed by atoms with E-state index in [9.17, 15) is 0 Å². The third-order valence-corrected chi connectivity index (χ3v) is 7.59. The maximum Gasteiger partial charge on any atom is 0.119 e. The van der Waals surface area contributed by atoms with E-state index in [0.717, 1.165) is 17.6 Å². The number of benzene rings is 2. The van der Waals surface area contributed by atoms with Crippen LogP contribution in [0.2, 0.25) is 0 Å². The van der Waals surface area contributed by atoms with E-state index >= 15 is 0 Å². The number of hydrogen-bond acceptors (Lipinski definition) is 2. The van der Waals surface area contributed by atoms with Gasteiger partial charge < -0.3 is 9.64 Å². The second kappa shape index (κ2) is 9.98. The fourth-order valence-corrected chi connectivity index (χ4v) is 5.57.